The van der Waals surface area contributed by atoms with E-state index in [2.05, 4.69) is 10.2 Å². The Hall–Kier alpha value is -2.34. The van der Waals surface area contributed by atoms with Crippen LogP contribution in [0.4, 0.5) is 0 Å². The summed E-state index contributed by atoms with van der Waals surface area (Å²) in [7, 11) is 0. The number of fused-ring (bicyclic) bond motifs is 4. The third-order valence-electron chi connectivity index (χ3n) is 7.11. The molecule has 3 heterocycles. The highest BCUT2D eigenvalue weighted by Gasteiger charge is 2.32. The van der Waals surface area contributed by atoms with Crippen molar-refractivity contribution >= 4 is 16.9 Å². The number of amides is 1. The highest BCUT2D eigenvalue weighted by Crippen LogP contribution is 2.31. The molecule has 2 aliphatic heterocycles. The lowest BCUT2D eigenvalue weighted by Gasteiger charge is -2.44. The van der Waals surface area contributed by atoms with Crippen LogP contribution in [0.2, 0.25) is 0 Å². The fourth-order valence-electron chi connectivity index (χ4n) is 5.61. The highest BCUT2D eigenvalue weighted by molar-refractivity contribution is 5.83. The molecule has 0 spiro atoms. The zero-order chi connectivity index (χ0) is 20.5. The minimum atomic E-state index is -0.242. The van der Waals surface area contributed by atoms with Crippen LogP contribution in [0.15, 0.2) is 27.4 Å². The van der Waals surface area contributed by atoms with Gasteiger partial charge in [0.15, 0.2) is 6.61 Å². The fourth-order valence-corrected chi connectivity index (χ4v) is 5.61. The Labute approximate surface area is 176 Å². The van der Waals surface area contributed by atoms with E-state index in [4.69, 9.17) is 9.15 Å². The standard InChI is InChI=1S/C24H30N2O4/c27-23(25-14-16-5-4-12-26-11-2-1-8-21(16)26)15-29-17-9-10-19-18-6-3-7-20(18)24(28)30-22(19)13-17/h9-10,13,16,21H,1-8,11-12,14-15H2,(H,25,27)/t16-,21+/m0/s1. The van der Waals surface area contributed by atoms with E-state index in [1.54, 1.807) is 6.07 Å². The topological polar surface area (TPSA) is 71.8 Å². The average Bonchev–Trinajstić information content (AvgIpc) is 3.27. The molecule has 1 N–H and O–H groups in total. The first kappa shape index (κ1) is 19.6. The molecule has 1 aromatic carbocycles. The van der Waals surface area contributed by atoms with Gasteiger partial charge in [0.05, 0.1) is 0 Å². The summed E-state index contributed by atoms with van der Waals surface area (Å²) >= 11 is 0. The Balaban J connectivity index is 1.18. The van der Waals surface area contributed by atoms with Gasteiger partial charge in [-0.05, 0) is 81.6 Å². The number of piperidine rings is 2. The normalized spacial score (nSPS) is 23.7. The Morgan fingerprint density at radius 1 is 1.10 bits per heavy atom. The number of benzene rings is 1. The van der Waals surface area contributed by atoms with Gasteiger partial charge in [0.1, 0.15) is 11.3 Å². The number of rotatable bonds is 5. The molecule has 0 saturated carbocycles. The van der Waals surface area contributed by atoms with E-state index in [1.807, 2.05) is 12.1 Å². The summed E-state index contributed by atoms with van der Waals surface area (Å²) in [4.78, 5) is 27.1. The molecule has 0 unspecified atom stereocenters. The molecule has 1 aromatic heterocycles. The number of hydrogen-bond acceptors (Lipinski definition) is 5. The van der Waals surface area contributed by atoms with Gasteiger partial charge < -0.3 is 19.4 Å². The van der Waals surface area contributed by atoms with Crippen molar-refractivity contribution in [3.8, 4) is 5.75 Å². The first-order valence-corrected chi connectivity index (χ1v) is 11.4. The summed E-state index contributed by atoms with van der Waals surface area (Å²) in [5.74, 6) is 0.994. The van der Waals surface area contributed by atoms with E-state index in [0.29, 0.717) is 23.3 Å². The molecule has 0 bridgehead atoms. The SMILES string of the molecule is O=C(COc1ccc2c3c(c(=O)oc2c1)CCC3)NC[C@@H]1CCCN2CCCC[C@H]12. The maximum Gasteiger partial charge on any atom is 0.339 e. The number of hydrogen-bond donors (Lipinski definition) is 1. The number of aryl methyl sites for hydroxylation is 1. The van der Waals surface area contributed by atoms with Crippen molar-refractivity contribution in [3.05, 3.63) is 39.7 Å². The second-order valence-electron chi connectivity index (χ2n) is 8.95. The first-order valence-electron chi connectivity index (χ1n) is 11.4. The molecular weight excluding hydrogens is 380 g/mol. The number of nitrogens with zero attached hydrogens (tertiary/aromatic N) is 1. The minimum Gasteiger partial charge on any atom is -0.484 e. The predicted molar refractivity (Wildman–Crippen MR) is 115 cm³/mol. The summed E-state index contributed by atoms with van der Waals surface area (Å²) in [6.45, 7) is 3.11. The van der Waals surface area contributed by atoms with Crippen molar-refractivity contribution in [2.45, 2.75) is 57.4 Å². The molecular formula is C24H30N2O4. The van der Waals surface area contributed by atoms with Crippen molar-refractivity contribution in [3.63, 3.8) is 0 Å². The fraction of sp³-hybridized carbons (Fsp3) is 0.583. The molecule has 1 amide bonds. The molecule has 2 atom stereocenters. The molecule has 6 heteroatoms. The molecule has 160 valence electrons. The lowest BCUT2D eigenvalue weighted by Crippen LogP contribution is -2.51. The lowest BCUT2D eigenvalue weighted by atomic mass is 9.83. The summed E-state index contributed by atoms with van der Waals surface area (Å²) < 4.78 is 11.2. The van der Waals surface area contributed by atoms with Crippen molar-refractivity contribution in [1.82, 2.24) is 10.2 Å². The summed E-state index contributed by atoms with van der Waals surface area (Å²) in [6, 6.07) is 6.15. The van der Waals surface area contributed by atoms with Gasteiger partial charge in [-0.1, -0.05) is 6.42 Å². The Morgan fingerprint density at radius 3 is 2.90 bits per heavy atom. The second-order valence-corrected chi connectivity index (χ2v) is 8.95. The van der Waals surface area contributed by atoms with Crippen LogP contribution in [-0.4, -0.2) is 43.1 Å². The third-order valence-corrected chi connectivity index (χ3v) is 7.11. The van der Waals surface area contributed by atoms with Gasteiger partial charge in [-0.2, -0.15) is 0 Å². The molecule has 5 rings (SSSR count). The van der Waals surface area contributed by atoms with Crippen LogP contribution in [0.25, 0.3) is 11.0 Å². The van der Waals surface area contributed by atoms with Gasteiger partial charge >= 0.3 is 5.63 Å². The van der Waals surface area contributed by atoms with Gasteiger partial charge in [-0.3, -0.25) is 4.79 Å². The quantitative estimate of drug-likeness (QED) is 0.767. The molecule has 6 nitrogen and oxygen atoms in total. The molecule has 1 aliphatic carbocycles. The van der Waals surface area contributed by atoms with Crippen molar-refractivity contribution in [1.29, 1.82) is 0 Å². The second kappa shape index (κ2) is 8.42. The van der Waals surface area contributed by atoms with Crippen LogP contribution < -0.4 is 15.7 Å². The van der Waals surface area contributed by atoms with Crippen LogP contribution in [0.3, 0.4) is 0 Å². The van der Waals surface area contributed by atoms with Gasteiger partial charge in [-0.25, -0.2) is 4.79 Å². The number of carbonyl (C=O) groups is 1. The van der Waals surface area contributed by atoms with E-state index < -0.39 is 0 Å². The molecule has 3 aliphatic rings. The van der Waals surface area contributed by atoms with Crippen LogP contribution in [0.5, 0.6) is 5.75 Å². The van der Waals surface area contributed by atoms with Crippen molar-refractivity contribution in [2.24, 2.45) is 5.92 Å². The molecule has 30 heavy (non-hydrogen) atoms. The first-order chi connectivity index (χ1) is 14.7. The maximum atomic E-state index is 12.4. The summed E-state index contributed by atoms with van der Waals surface area (Å²) in [5.41, 5.74) is 2.22. The molecule has 2 aromatic rings. The number of nitrogens with one attached hydrogen (secondary N) is 1. The number of carbonyl (C=O) groups excluding carboxylic acids is 1. The van der Waals surface area contributed by atoms with Crippen LogP contribution >= 0.6 is 0 Å². The van der Waals surface area contributed by atoms with E-state index in [-0.39, 0.29) is 18.1 Å². The van der Waals surface area contributed by atoms with Gasteiger partial charge in [0.2, 0.25) is 0 Å². The average molecular weight is 411 g/mol. The van der Waals surface area contributed by atoms with E-state index in [9.17, 15) is 9.59 Å². The smallest absolute Gasteiger partial charge is 0.339 e. The van der Waals surface area contributed by atoms with Crippen LogP contribution in [0.1, 0.15) is 49.7 Å². The molecule has 0 radical (unpaired) electrons. The zero-order valence-electron chi connectivity index (χ0n) is 17.5. The maximum absolute atomic E-state index is 12.4. The number of ether oxygens (including phenoxy) is 1. The minimum absolute atomic E-state index is 0.0260. The summed E-state index contributed by atoms with van der Waals surface area (Å²) in [6.07, 6.45) is 8.98. The summed E-state index contributed by atoms with van der Waals surface area (Å²) in [5, 5.41) is 4.05. The Kier molecular flexibility index (Phi) is 5.50. The van der Waals surface area contributed by atoms with Crippen LogP contribution in [-0.2, 0) is 17.6 Å². The Bertz CT molecular complexity index is 997. The lowest BCUT2D eigenvalue weighted by molar-refractivity contribution is -0.123. The van der Waals surface area contributed by atoms with Crippen LogP contribution in [0, 0.1) is 5.92 Å². The van der Waals surface area contributed by atoms with Gasteiger partial charge in [-0.15, -0.1) is 0 Å². The largest absolute Gasteiger partial charge is 0.484 e. The zero-order valence-corrected chi connectivity index (χ0v) is 17.5. The highest BCUT2D eigenvalue weighted by atomic mass is 16.5. The molecule has 2 saturated heterocycles. The third kappa shape index (κ3) is 3.85. The van der Waals surface area contributed by atoms with Gasteiger partial charge in [0, 0.05) is 29.6 Å². The van der Waals surface area contributed by atoms with Crippen molar-refractivity contribution in [2.75, 3.05) is 26.2 Å². The van der Waals surface area contributed by atoms with E-state index >= 15 is 0 Å². The Morgan fingerprint density at radius 2 is 1.97 bits per heavy atom. The van der Waals surface area contributed by atoms with Crippen molar-refractivity contribution < 1.29 is 13.9 Å². The van der Waals surface area contributed by atoms with E-state index in [1.165, 1.54) is 45.2 Å². The predicted octanol–water partition coefficient (Wildman–Crippen LogP) is 3.04. The van der Waals surface area contributed by atoms with Gasteiger partial charge in [0.25, 0.3) is 5.91 Å². The molecule has 2 fully saturated rings. The van der Waals surface area contributed by atoms with E-state index in [0.717, 1.165) is 42.3 Å². The monoisotopic (exact) mass is 410 g/mol.